The first-order valence-electron chi connectivity index (χ1n) is 3.14. The van der Waals surface area contributed by atoms with E-state index < -0.39 is 0 Å². The van der Waals surface area contributed by atoms with Crippen molar-refractivity contribution in [2.75, 3.05) is 0 Å². The molecular weight excluding hydrogens is 148 g/mol. The van der Waals surface area contributed by atoms with E-state index in [9.17, 15) is 4.79 Å². The van der Waals surface area contributed by atoms with E-state index in [4.69, 9.17) is 0 Å². The molecule has 54 valence electrons. The van der Waals surface area contributed by atoms with Gasteiger partial charge in [-0.25, -0.2) is 4.98 Å². The Hall–Kier alpha value is -0.770. The van der Waals surface area contributed by atoms with Gasteiger partial charge in [-0.3, -0.25) is 4.79 Å². The van der Waals surface area contributed by atoms with Crippen molar-refractivity contribution < 1.29 is 4.79 Å². The monoisotopic (exact) mass is 156 g/mol. The van der Waals surface area contributed by atoms with E-state index in [0.29, 0.717) is 12.2 Å². The number of hydrogen-bond donors (Lipinski definition) is 0. The van der Waals surface area contributed by atoms with E-state index in [2.05, 4.69) is 9.36 Å². The van der Waals surface area contributed by atoms with E-state index in [0.717, 1.165) is 6.42 Å². The molecular formula is C6H8N2OS. The minimum atomic E-state index is 0.0451. The molecule has 1 aromatic heterocycles. The van der Waals surface area contributed by atoms with Crippen molar-refractivity contribution in [2.45, 2.75) is 19.8 Å². The van der Waals surface area contributed by atoms with Crippen LogP contribution < -0.4 is 0 Å². The number of carbonyl (C=O) groups is 1. The fourth-order valence-corrected chi connectivity index (χ4v) is 1.08. The van der Waals surface area contributed by atoms with Gasteiger partial charge >= 0.3 is 0 Å². The third kappa shape index (κ3) is 1.60. The van der Waals surface area contributed by atoms with Crippen molar-refractivity contribution in [1.82, 2.24) is 9.36 Å². The van der Waals surface area contributed by atoms with Crippen molar-refractivity contribution in [2.24, 2.45) is 0 Å². The Labute approximate surface area is 63.3 Å². The normalized spacial score (nSPS) is 9.70. The lowest BCUT2D eigenvalue weighted by Crippen LogP contribution is -1.99. The van der Waals surface area contributed by atoms with E-state index in [-0.39, 0.29) is 5.78 Å². The zero-order chi connectivity index (χ0) is 7.40. The van der Waals surface area contributed by atoms with Gasteiger partial charge in [0.1, 0.15) is 5.51 Å². The molecule has 4 heteroatoms. The molecule has 10 heavy (non-hydrogen) atoms. The van der Waals surface area contributed by atoms with Gasteiger partial charge in [0.05, 0.1) is 0 Å². The van der Waals surface area contributed by atoms with E-state index in [1.54, 1.807) is 5.51 Å². The van der Waals surface area contributed by atoms with E-state index in [1.165, 1.54) is 11.5 Å². The highest BCUT2D eigenvalue weighted by atomic mass is 32.1. The molecule has 0 saturated carbocycles. The van der Waals surface area contributed by atoms with Crippen molar-refractivity contribution in [1.29, 1.82) is 0 Å². The average Bonchev–Trinajstić information content (AvgIpc) is 2.38. The van der Waals surface area contributed by atoms with Crippen molar-refractivity contribution in [3.63, 3.8) is 0 Å². The van der Waals surface area contributed by atoms with Gasteiger partial charge in [-0.15, -0.1) is 0 Å². The average molecular weight is 156 g/mol. The fourth-order valence-electron chi connectivity index (χ4n) is 0.632. The predicted molar refractivity (Wildman–Crippen MR) is 39.1 cm³/mol. The lowest BCUT2D eigenvalue weighted by molar-refractivity contribution is 0.0973. The minimum absolute atomic E-state index is 0.0451. The molecule has 1 heterocycles. The Morgan fingerprint density at radius 2 is 2.60 bits per heavy atom. The summed E-state index contributed by atoms with van der Waals surface area (Å²) in [5.41, 5.74) is 1.57. The Kier molecular flexibility index (Phi) is 2.50. The van der Waals surface area contributed by atoms with Crippen LogP contribution in [0.1, 0.15) is 30.4 Å². The number of Topliss-reactive ketones (excluding diaryl/α,β-unsaturated/α-hetero) is 1. The number of aromatic nitrogens is 2. The summed E-state index contributed by atoms with van der Waals surface area (Å²) in [4.78, 5) is 14.8. The first-order chi connectivity index (χ1) is 4.84. The Morgan fingerprint density at radius 1 is 1.80 bits per heavy atom. The van der Waals surface area contributed by atoms with Crippen LogP contribution in [0.3, 0.4) is 0 Å². The van der Waals surface area contributed by atoms with Crippen LogP contribution in [0.4, 0.5) is 0 Å². The largest absolute Gasteiger partial charge is 0.291 e. The minimum Gasteiger partial charge on any atom is -0.291 e. The molecule has 0 atom stereocenters. The third-order valence-corrected chi connectivity index (χ3v) is 1.57. The van der Waals surface area contributed by atoms with Crippen LogP contribution in [0.15, 0.2) is 5.51 Å². The van der Waals surface area contributed by atoms with Gasteiger partial charge in [0.15, 0.2) is 0 Å². The summed E-state index contributed by atoms with van der Waals surface area (Å²) in [6.45, 7) is 1.96. The van der Waals surface area contributed by atoms with Crippen LogP contribution in [0.2, 0.25) is 0 Å². The fraction of sp³-hybridized carbons (Fsp3) is 0.500. The van der Waals surface area contributed by atoms with Crippen molar-refractivity contribution >= 4 is 17.3 Å². The molecule has 0 spiro atoms. The van der Waals surface area contributed by atoms with Gasteiger partial charge in [-0.05, 0) is 18.0 Å². The molecule has 0 unspecified atom stereocenters. The molecule has 1 aromatic rings. The van der Waals surface area contributed by atoms with Crippen LogP contribution in [0.5, 0.6) is 0 Å². The molecule has 0 N–H and O–H groups in total. The maximum Gasteiger partial charge on any atom is 0.208 e. The highest BCUT2D eigenvalue weighted by molar-refractivity contribution is 7.03. The molecule has 0 aromatic carbocycles. The molecule has 0 aliphatic carbocycles. The second kappa shape index (κ2) is 3.41. The smallest absolute Gasteiger partial charge is 0.208 e. The summed E-state index contributed by atoms with van der Waals surface area (Å²) in [5.74, 6) is 0.413. The second-order valence-corrected chi connectivity index (χ2v) is 2.53. The van der Waals surface area contributed by atoms with Crippen LogP contribution in [-0.2, 0) is 0 Å². The maximum absolute atomic E-state index is 11.0. The third-order valence-electron chi connectivity index (χ3n) is 1.09. The zero-order valence-corrected chi connectivity index (χ0v) is 6.52. The molecule has 0 bridgehead atoms. The van der Waals surface area contributed by atoms with Crippen molar-refractivity contribution in [3.05, 3.63) is 11.3 Å². The molecule has 0 radical (unpaired) electrons. The summed E-state index contributed by atoms with van der Waals surface area (Å²) in [6.07, 6.45) is 1.41. The molecule has 0 aliphatic heterocycles. The van der Waals surface area contributed by atoms with Gasteiger partial charge < -0.3 is 0 Å². The number of carbonyl (C=O) groups excluding carboxylic acids is 1. The molecule has 0 aliphatic rings. The number of ketones is 1. The first-order valence-corrected chi connectivity index (χ1v) is 3.98. The van der Waals surface area contributed by atoms with Crippen molar-refractivity contribution in [3.8, 4) is 0 Å². The van der Waals surface area contributed by atoms with Crippen LogP contribution >= 0.6 is 11.5 Å². The standard InChI is InChI=1S/C6H8N2OS/c1-2-3-5(9)6-7-4-10-8-6/h4H,2-3H2,1H3. The van der Waals surface area contributed by atoms with Gasteiger partial charge in [0.2, 0.25) is 11.6 Å². The van der Waals surface area contributed by atoms with E-state index in [1.807, 2.05) is 6.92 Å². The number of rotatable bonds is 3. The maximum atomic E-state index is 11.0. The second-order valence-electron chi connectivity index (χ2n) is 1.93. The molecule has 3 nitrogen and oxygen atoms in total. The summed E-state index contributed by atoms with van der Waals surface area (Å²) in [5, 5.41) is 0. The summed E-state index contributed by atoms with van der Waals surface area (Å²) < 4.78 is 3.82. The molecule has 1 rings (SSSR count). The van der Waals surface area contributed by atoms with Gasteiger partial charge in [-0.2, -0.15) is 4.37 Å². The van der Waals surface area contributed by atoms with Crippen LogP contribution in [0, 0.1) is 0 Å². The van der Waals surface area contributed by atoms with Crippen LogP contribution in [0.25, 0.3) is 0 Å². The Morgan fingerprint density at radius 3 is 3.10 bits per heavy atom. The molecule has 0 fully saturated rings. The zero-order valence-electron chi connectivity index (χ0n) is 5.70. The lowest BCUT2D eigenvalue weighted by atomic mass is 10.2. The molecule has 0 amide bonds. The van der Waals surface area contributed by atoms with Gasteiger partial charge in [0, 0.05) is 6.42 Å². The number of hydrogen-bond acceptors (Lipinski definition) is 4. The summed E-state index contributed by atoms with van der Waals surface area (Å²) in [6, 6.07) is 0. The first kappa shape index (κ1) is 7.34. The summed E-state index contributed by atoms with van der Waals surface area (Å²) in [7, 11) is 0. The lowest BCUT2D eigenvalue weighted by Gasteiger charge is -1.88. The van der Waals surface area contributed by atoms with E-state index >= 15 is 0 Å². The Bertz CT molecular complexity index is 208. The van der Waals surface area contributed by atoms with Gasteiger partial charge in [0.25, 0.3) is 0 Å². The highest BCUT2D eigenvalue weighted by Crippen LogP contribution is 2.00. The quantitative estimate of drug-likeness (QED) is 0.623. The van der Waals surface area contributed by atoms with Gasteiger partial charge in [-0.1, -0.05) is 6.92 Å². The number of nitrogens with zero attached hydrogens (tertiary/aromatic N) is 2. The summed E-state index contributed by atoms with van der Waals surface area (Å²) >= 11 is 1.21. The molecule has 0 saturated heterocycles. The SMILES string of the molecule is CCCC(=O)c1ncsn1. The Balaban J connectivity index is 2.59. The van der Waals surface area contributed by atoms with Crippen LogP contribution in [-0.4, -0.2) is 15.1 Å². The topological polar surface area (TPSA) is 42.9 Å². The highest BCUT2D eigenvalue weighted by Gasteiger charge is 2.06. The predicted octanol–water partition coefficient (Wildman–Crippen LogP) is 1.52.